The van der Waals surface area contributed by atoms with E-state index in [1.54, 1.807) is 22.7 Å². The monoisotopic (exact) mass is 439 g/mol. The van der Waals surface area contributed by atoms with Crippen LogP contribution in [0.3, 0.4) is 0 Å². The predicted molar refractivity (Wildman–Crippen MR) is 122 cm³/mol. The normalized spacial score (nSPS) is 13.7. The lowest BCUT2D eigenvalue weighted by molar-refractivity contribution is -0.121. The SMILES string of the molecule is Cc1cccc(CN2CCCn3nc(C(=O)N(C)CC(=O)NCCC(C)C)cc3C2=O)c1. The highest BCUT2D eigenvalue weighted by Crippen LogP contribution is 2.18. The molecule has 2 aromatic rings. The number of aryl methyl sites for hydroxylation is 2. The zero-order chi connectivity index (χ0) is 23.3. The summed E-state index contributed by atoms with van der Waals surface area (Å²) < 4.78 is 1.61. The van der Waals surface area contributed by atoms with Crippen LogP contribution in [0.5, 0.6) is 0 Å². The van der Waals surface area contributed by atoms with E-state index in [0.717, 1.165) is 24.0 Å². The standard InChI is InChI=1S/C24H33N5O3/c1-17(2)9-10-25-22(30)16-27(4)23(31)20-14-21-24(32)28(11-6-12-29(21)26-20)15-19-8-5-7-18(3)13-19/h5,7-8,13-14,17H,6,9-12,15-16H2,1-4H3,(H,25,30). The van der Waals surface area contributed by atoms with Crippen LogP contribution in [0.1, 0.15) is 58.8 Å². The van der Waals surface area contributed by atoms with E-state index >= 15 is 0 Å². The van der Waals surface area contributed by atoms with Crippen molar-refractivity contribution in [3.63, 3.8) is 0 Å². The fourth-order valence-corrected chi connectivity index (χ4v) is 3.76. The van der Waals surface area contributed by atoms with Crippen LogP contribution in [-0.2, 0) is 17.9 Å². The van der Waals surface area contributed by atoms with Crippen LogP contribution in [0.25, 0.3) is 0 Å². The summed E-state index contributed by atoms with van der Waals surface area (Å²) in [7, 11) is 1.57. The Labute approximate surface area is 189 Å². The number of benzene rings is 1. The van der Waals surface area contributed by atoms with Crippen molar-refractivity contribution < 1.29 is 14.4 Å². The minimum absolute atomic E-state index is 0.0491. The third kappa shape index (κ3) is 5.96. The molecule has 3 amide bonds. The Bertz CT molecular complexity index is 982. The van der Waals surface area contributed by atoms with Gasteiger partial charge in [-0.25, -0.2) is 0 Å². The van der Waals surface area contributed by atoms with Crippen molar-refractivity contribution in [2.75, 3.05) is 26.7 Å². The fourth-order valence-electron chi connectivity index (χ4n) is 3.76. The van der Waals surface area contributed by atoms with Crippen LogP contribution >= 0.6 is 0 Å². The molecule has 0 saturated carbocycles. The minimum atomic E-state index is -0.373. The molecule has 0 atom stereocenters. The molecule has 1 aliphatic heterocycles. The Morgan fingerprint density at radius 2 is 2.00 bits per heavy atom. The van der Waals surface area contributed by atoms with Crippen LogP contribution in [0, 0.1) is 12.8 Å². The third-order valence-electron chi connectivity index (χ3n) is 5.53. The second-order valence-electron chi connectivity index (χ2n) is 8.90. The van der Waals surface area contributed by atoms with Crippen LogP contribution in [0.15, 0.2) is 30.3 Å². The number of amides is 3. The molecule has 1 aromatic carbocycles. The number of carbonyl (C=O) groups excluding carboxylic acids is 3. The first-order chi connectivity index (χ1) is 15.2. The van der Waals surface area contributed by atoms with Crippen molar-refractivity contribution in [1.29, 1.82) is 0 Å². The van der Waals surface area contributed by atoms with Gasteiger partial charge in [-0.1, -0.05) is 43.7 Å². The van der Waals surface area contributed by atoms with E-state index < -0.39 is 0 Å². The molecule has 0 fully saturated rings. The molecule has 1 aromatic heterocycles. The van der Waals surface area contributed by atoms with Crippen molar-refractivity contribution in [2.24, 2.45) is 5.92 Å². The molecule has 8 nitrogen and oxygen atoms in total. The van der Waals surface area contributed by atoms with E-state index in [9.17, 15) is 14.4 Å². The van der Waals surface area contributed by atoms with Gasteiger partial charge in [0, 0.05) is 39.3 Å². The molecule has 0 radical (unpaired) electrons. The van der Waals surface area contributed by atoms with E-state index in [1.807, 2.05) is 25.1 Å². The smallest absolute Gasteiger partial charge is 0.274 e. The quantitative estimate of drug-likeness (QED) is 0.685. The van der Waals surface area contributed by atoms with Crippen molar-refractivity contribution in [3.8, 4) is 0 Å². The van der Waals surface area contributed by atoms with Gasteiger partial charge in [0.1, 0.15) is 5.69 Å². The molecule has 0 unspecified atom stereocenters. The topological polar surface area (TPSA) is 87.5 Å². The lowest BCUT2D eigenvalue weighted by Gasteiger charge is -2.20. The number of nitrogens with one attached hydrogen (secondary N) is 1. The van der Waals surface area contributed by atoms with E-state index in [-0.39, 0.29) is 30.0 Å². The largest absolute Gasteiger partial charge is 0.355 e. The van der Waals surface area contributed by atoms with Gasteiger partial charge in [-0.3, -0.25) is 19.1 Å². The van der Waals surface area contributed by atoms with Gasteiger partial charge in [0.05, 0.1) is 6.54 Å². The average Bonchev–Trinajstić information content (AvgIpc) is 3.10. The first-order valence-electron chi connectivity index (χ1n) is 11.2. The Kier molecular flexibility index (Phi) is 7.66. The summed E-state index contributed by atoms with van der Waals surface area (Å²) in [5.41, 5.74) is 2.82. The number of fused-ring (bicyclic) bond motifs is 1. The highest BCUT2D eigenvalue weighted by molar-refractivity contribution is 5.99. The van der Waals surface area contributed by atoms with Gasteiger partial charge in [0.15, 0.2) is 5.69 Å². The first kappa shape index (κ1) is 23.5. The predicted octanol–water partition coefficient (Wildman–Crippen LogP) is 2.47. The highest BCUT2D eigenvalue weighted by atomic mass is 16.2. The number of hydrogen-bond acceptors (Lipinski definition) is 4. The number of hydrogen-bond donors (Lipinski definition) is 1. The Morgan fingerprint density at radius 1 is 1.22 bits per heavy atom. The maximum atomic E-state index is 13.2. The Hall–Kier alpha value is -3.16. The lowest BCUT2D eigenvalue weighted by Crippen LogP contribution is -2.39. The van der Waals surface area contributed by atoms with Crippen LogP contribution < -0.4 is 5.32 Å². The number of aromatic nitrogens is 2. The zero-order valence-corrected chi connectivity index (χ0v) is 19.4. The van der Waals surface area contributed by atoms with E-state index in [2.05, 4.69) is 30.3 Å². The van der Waals surface area contributed by atoms with E-state index in [0.29, 0.717) is 37.8 Å². The number of likely N-dealkylation sites (N-methyl/N-ethyl adjacent to an activating group) is 1. The summed E-state index contributed by atoms with van der Waals surface area (Å²) in [4.78, 5) is 41.2. The van der Waals surface area contributed by atoms with Crippen LogP contribution in [0.2, 0.25) is 0 Å². The summed E-state index contributed by atoms with van der Waals surface area (Å²) in [5, 5.41) is 7.21. The Morgan fingerprint density at radius 3 is 2.72 bits per heavy atom. The van der Waals surface area contributed by atoms with Crippen LogP contribution in [0.4, 0.5) is 0 Å². The fraction of sp³-hybridized carbons (Fsp3) is 0.500. The molecular formula is C24H33N5O3. The van der Waals surface area contributed by atoms with Gasteiger partial charge in [0.2, 0.25) is 5.91 Å². The van der Waals surface area contributed by atoms with Crippen LogP contribution in [-0.4, -0.2) is 64.0 Å². The molecule has 0 spiro atoms. The van der Waals surface area contributed by atoms with Crippen molar-refractivity contribution >= 4 is 17.7 Å². The number of carbonyl (C=O) groups is 3. The molecule has 8 heteroatoms. The highest BCUT2D eigenvalue weighted by Gasteiger charge is 2.27. The van der Waals surface area contributed by atoms with Gasteiger partial charge in [-0.05, 0) is 31.2 Å². The molecule has 1 aliphatic rings. The molecule has 1 N–H and O–H groups in total. The molecule has 0 saturated heterocycles. The van der Waals surface area contributed by atoms with Crippen molar-refractivity contribution in [3.05, 3.63) is 52.8 Å². The molecule has 32 heavy (non-hydrogen) atoms. The number of nitrogens with zero attached hydrogens (tertiary/aromatic N) is 4. The summed E-state index contributed by atoms with van der Waals surface area (Å²) in [6.07, 6.45) is 1.65. The van der Waals surface area contributed by atoms with E-state index in [1.165, 1.54) is 4.90 Å². The van der Waals surface area contributed by atoms with Gasteiger partial charge in [-0.15, -0.1) is 0 Å². The first-order valence-corrected chi connectivity index (χ1v) is 11.2. The molecule has 0 aliphatic carbocycles. The summed E-state index contributed by atoms with van der Waals surface area (Å²) in [6, 6.07) is 9.65. The van der Waals surface area contributed by atoms with Gasteiger partial charge in [0.25, 0.3) is 11.8 Å². The molecular weight excluding hydrogens is 406 g/mol. The molecule has 172 valence electrons. The van der Waals surface area contributed by atoms with Gasteiger partial charge < -0.3 is 15.1 Å². The lowest BCUT2D eigenvalue weighted by atomic mass is 10.1. The molecule has 2 heterocycles. The second-order valence-corrected chi connectivity index (χ2v) is 8.90. The van der Waals surface area contributed by atoms with Gasteiger partial charge in [-0.2, -0.15) is 5.10 Å². The zero-order valence-electron chi connectivity index (χ0n) is 19.4. The summed E-state index contributed by atoms with van der Waals surface area (Å²) in [5.74, 6) is -0.214. The minimum Gasteiger partial charge on any atom is -0.355 e. The van der Waals surface area contributed by atoms with Crippen molar-refractivity contribution in [1.82, 2.24) is 24.9 Å². The average molecular weight is 440 g/mol. The maximum absolute atomic E-state index is 13.2. The summed E-state index contributed by atoms with van der Waals surface area (Å²) in [6.45, 7) is 8.47. The summed E-state index contributed by atoms with van der Waals surface area (Å²) >= 11 is 0. The Balaban J connectivity index is 1.66. The van der Waals surface area contributed by atoms with Gasteiger partial charge >= 0.3 is 0 Å². The maximum Gasteiger partial charge on any atom is 0.274 e. The molecule has 3 rings (SSSR count). The second kappa shape index (κ2) is 10.4. The third-order valence-corrected chi connectivity index (χ3v) is 5.53. The molecule has 0 bridgehead atoms. The van der Waals surface area contributed by atoms with Crippen molar-refractivity contribution in [2.45, 2.75) is 46.7 Å². The number of rotatable bonds is 8. The van der Waals surface area contributed by atoms with E-state index in [4.69, 9.17) is 0 Å².